The van der Waals surface area contributed by atoms with Crippen molar-refractivity contribution in [1.82, 2.24) is 4.90 Å². The van der Waals surface area contributed by atoms with Gasteiger partial charge < -0.3 is 25.3 Å². The van der Waals surface area contributed by atoms with Crippen molar-refractivity contribution in [3.05, 3.63) is 0 Å². The second kappa shape index (κ2) is 7.88. The first-order valence-electron chi connectivity index (χ1n) is 6.04. The van der Waals surface area contributed by atoms with Crippen molar-refractivity contribution >= 4 is 11.7 Å². The molecular weight excluding hydrogens is 238 g/mol. The zero-order valence-electron chi connectivity index (χ0n) is 10.7. The standard InChI is InChI=1S/C11H21N3O4/c1-17-8-6-14(5-4-10(12)13-16)11(15)9-3-2-7-18-9/h9,16H,2-8H2,1H3,(H2,12,13). The Bertz CT molecular complexity index is 290. The topological polar surface area (TPSA) is 97.4 Å². The van der Waals surface area contributed by atoms with Crippen molar-refractivity contribution in [3.63, 3.8) is 0 Å². The van der Waals surface area contributed by atoms with Crippen LogP contribution in [0.25, 0.3) is 0 Å². The van der Waals surface area contributed by atoms with E-state index >= 15 is 0 Å². The number of methoxy groups -OCH3 is 1. The molecule has 1 saturated heterocycles. The average molecular weight is 259 g/mol. The van der Waals surface area contributed by atoms with Gasteiger partial charge in [0.15, 0.2) is 0 Å². The molecular formula is C11H21N3O4. The minimum atomic E-state index is -0.353. The normalized spacial score (nSPS) is 20.1. The number of ether oxygens (including phenoxy) is 2. The van der Waals surface area contributed by atoms with Gasteiger partial charge in [-0.25, -0.2) is 0 Å². The van der Waals surface area contributed by atoms with E-state index in [1.54, 1.807) is 12.0 Å². The molecule has 1 aliphatic heterocycles. The quantitative estimate of drug-likeness (QED) is 0.285. The summed E-state index contributed by atoms with van der Waals surface area (Å²) in [6.07, 6.45) is 1.65. The van der Waals surface area contributed by atoms with E-state index in [-0.39, 0.29) is 17.8 Å². The molecule has 0 aromatic heterocycles. The Kier molecular flexibility index (Phi) is 6.45. The molecule has 7 heteroatoms. The first-order valence-corrected chi connectivity index (χ1v) is 6.04. The minimum absolute atomic E-state index is 0.0460. The van der Waals surface area contributed by atoms with Crippen LogP contribution >= 0.6 is 0 Å². The van der Waals surface area contributed by atoms with E-state index in [0.29, 0.717) is 32.7 Å². The summed E-state index contributed by atoms with van der Waals surface area (Å²) >= 11 is 0. The van der Waals surface area contributed by atoms with Gasteiger partial charge >= 0.3 is 0 Å². The summed E-state index contributed by atoms with van der Waals surface area (Å²) in [5.41, 5.74) is 5.40. The van der Waals surface area contributed by atoms with Gasteiger partial charge in [0.25, 0.3) is 5.91 Å². The van der Waals surface area contributed by atoms with E-state index < -0.39 is 0 Å². The Morgan fingerprint density at radius 3 is 2.94 bits per heavy atom. The molecule has 1 atom stereocenters. The van der Waals surface area contributed by atoms with Crippen LogP contribution in [0.15, 0.2) is 5.16 Å². The highest BCUT2D eigenvalue weighted by Gasteiger charge is 2.27. The number of amidine groups is 1. The third-order valence-electron chi connectivity index (χ3n) is 2.85. The molecule has 0 bridgehead atoms. The maximum Gasteiger partial charge on any atom is 0.251 e. The van der Waals surface area contributed by atoms with Crippen molar-refractivity contribution in [2.75, 3.05) is 33.4 Å². The van der Waals surface area contributed by atoms with E-state index in [2.05, 4.69) is 5.16 Å². The van der Waals surface area contributed by atoms with Crippen LogP contribution in [0.3, 0.4) is 0 Å². The van der Waals surface area contributed by atoms with Crippen LogP contribution < -0.4 is 5.73 Å². The van der Waals surface area contributed by atoms with Crippen LogP contribution in [-0.4, -0.2) is 61.4 Å². The summed E-state index contributed by atoms with van der Waals surface area (Å²) in [7, 11) is 1.58. The van der Waals surface area contributed by atoms with Gasteiger partial charge in [-0.15, -0.1) is 0 Å². The number of oxime groups is 1. The summed E-state index contributed by atoms with van der Waals surface area (Å²) in [5.74, 6) is 0.0628. The van der Waals surface area contributed by atoms with Crippen LogP contribution in [0, 0.1) is 0 Å². The monoisotopic (exact) mass is 259 g/mol. The van der Waals surface area contributed by atoms with Crippen LogP contribution in [0.2, 0.25) is 0 Å². The number of nitrogens with zero attached hydrogens (tertiary/aromatic N) is 2. The van der Waals surface area contributed by atoms with Crippen molar-refractivity contribution < 1.29 is 19.5 Å². The predicted molar refractivity (Wildman–Crippen MR) is 65.5 cm³/mol. The molecule has 1 fully saturated rings. The Hall–Kier alpha value is -1.34. The molecule has 1 aliphatic rings. The van der Waals surface area contributed by atoms with E-state index in [4.69, 9.17) is 20.4 Å². The zero-order chi connectivity index (χ0) is 13.4. The highest BCUT2D eigenvalue weighted by molar-refractivity contribution is 5.83. The van der Waals surface area contributed by atoms with E-state index in [1.165, 1.54) is 0 Å². The third-order valence-corrected chi connectivity index (χ3v) is 2.85. The largest absolute Gasteiger partial charge is 0.409 e. The average Bonchev–Trinajstić information content (AvgIpc) is 2.91. The van der Waals surface area contributed by atoms with Crippen LogP contribution in [0.1, 0.15) is 19.3 Å². The molecule has 1 rings (SSSR count). The van der Waals surface area contributed by atoms with Crippen LogP contribution in [0.5, 0.6) is 0 Å². The lowest BCUT2D eigenvalue weighted by atomic mass is 10.2. The molecule has 18 heavy (non-hydrogen) atoms. The fraction of sp³-hybridized carbons (Fsp3) is 0.818. The van der Waals surface area contributed by atoms with E-state index in [9.17, 15) is 4.79 Å². The highest BCUT2D eigenvalue weighted by atomic mass is 16.5. The lowest BCUT2D eigenvalue weighted by Crippen LogP contribution is -2.42. The van der Waals surface area contributed by atoms with Crippen molar-refractivity contribution in [2.24, 2.45) is 10.9 Å². The molecule has 0 spiro atoms. The van der Waals surface area contributed by atoms with Gasteiger partial charge in [-0.1, -0.05) is 5.16 Å². The molecule has 104 valence electrons. The number of hydrogen-bond acceptors (Lipinski definition) is 5. The Balaban J connectivity index is 2.50. The first-order chi connectivity index (χ1) is 8.69. The van der Waals surface area contributed by atoms with Gasteiger partial charge in [-0.2, -0.15) is 0 Å². The number of rotatable bonds is 7. The van der Waals surface area contributed by atoms with Gasteiger partial charge in [0.1, 0.15) is 11.9 Å². The molecule has 0 aromatic carbocycles. The Labute approximate surface area is 107 Å². The van der Waals surface area contributed by atoms with Gasteiger partial charge in [0.05, 0.1) is 6.61 Å². The number of amides is 1. The van der Waals surface area contributed by atoms with Crippen molar-refractivity contribution in [2.45, 2.75) is 25.4 Å². The van der Waals surface area contributed by atoms with E-state index in [0.717, 1.165) is 12.8 Å². The molecule has 0 saturated carbocycles. The summed E-state index contributed by atoms with van der Waals surface area (Å²) in [6.45, 7) is 1.97. The van der Waals surface area contributed by atoms with E-state index in [1.807, 2.05) is 0 Å². The van der Waals surface area contributed by atoms with Gasteiger partial charge in [-0.05, 0) is 12.8 Å². The number of carbonyl (C=O) groups excluding carboxylic acids is 1. The van der Waals surface area contributed by atoms with Gasteiger partial charge in [0.2, 0.25) is 0 Å². The zero-order valence-corrected chi connectivity index (χ0v) is 10.7. The van der Waals surface area contributed by atoms with Crippen molar-refractivity contribution in [3.8, 4) is 0 Å². The maximum atomic E-state index is 12.2. The fourth-order valence-corrected chi connectivity index (χ4v) is 1.81. The van der Waals surface area contributed by atoms with Crippen LogP contribution in [0.4, 0.5) is 0 Å². The SMILES string of the molecule is COCCN(CCC(N)=NO)C(=O)C1CCCO1. The molecule has 1 heterocycles. The molecule has 0 aliphatic carbocycles. The summed E-state index contributed by atoms with van der Waals surface area (Å²) in [6, 6.07) is 0. The lowest BCUT2D eigenvalue weighted by molar-refractivity contribution is -0.141. The Morgan fingerprint density at radius 1 is 1.61 bits per heavy atom. The summed E-state index contributed by atoms with van der Waals surface area (Å²) in [5, 5.41) is 11.4. The number of nitrogens with two attached hydrogens (primary N) is 1. The molecule has 0 aromatic rings. The van der Waals surface area contributed by atoms with Gasteiger partial charge in [0, 0.05) is 33.2 Å². The Morgan fingerprint density at radius 2 is 2.39 bits per heavy atom. The molecule has 1 amide bonds. The highest BCUT2D eigenvalue weighted by Crippen LogP contribution is 2.14. The number of hydrogen-bond donors (Lipinski definition) is 2. The fourth-order valence-electron chi connectivity index (χ4n) is 1.81. The molecule has 7 nitrogen and oxygen atoms in total. The van der Waals surface area contributed by atoms with Crippen LogP contribution in [-0.2, 0) is 14.3 Å². The smallest absolute Gasteiger partial charge is 0.251 e. The molecule has 0 radical (unpaired) electrons. The second-order valence-electron chi connectivity index (χ2n) is 4.16. The minimum Gasteiger partial charge on any atom is -0.409 e. The third kappa shape index (κ3) is 4.50. The van der Waals surface area contributed by atoms with Crippen molar-refractivity contribution in [1.29, 1.82) is 0 Å². The molecule has 3 N–H and O–H groups in total. The first kappa shape index (κ1) is 14.7. The maximum absolute atomic E-state index is 12.2. The summed E-state index contributed by atoms with van der Waals surface area (Å²) < 4.78 is 10.3. The van der Waals surface area contributed by atoms with Gasteiger partial charge in [-0.3, -0.25) is 4.79 Å². The predicted octanol–water partition coefficient (Wildman–Crippen LogP) is -0.223. The summed E-state index contributed by atoms with van der Waals surface area (Å²) in [4.78, 5) is 13.8. The second-order valence-corrected chi connectivity index (χ2v) is 4.16. The molecule has 1 unspecified atom stereocenters. The lowest BCUT2D eigenvalue weighted by Gasteiger charge is -2.24. The number of carbonyl (C=O) groups is 1.